The van der Waals surface area contributed by atoms with Gasteiger partial charge in [0.25, 0.3) is 5.69 Å². The van der Waals surface area contributed by atoms with Crippen LogP contribution < -0.4 is 0 Å². The first kappa shape index (κ1) is 12.9. The van der Waals surface area contributed by atoms with E-state index in [4.69, 9.17) is 0 Å². The van der Waals surface area contributed by atoms with E-state index in [1.807, 2.05) is 4.90 Å². The molecule has 1 aliphatic heterocycles. The smallest absolute Gasteiger partial charge is 0.276 e. The maximum absolute atomic E-state index is 13.7. The van der Waals surface area contributed by atoms with Gasteiger partial charge in [0.05, 0.1) is 16.6 Å². The van der Waals surface area contributed by atoms with Crippen LogP contribution in [0.25, 0.3) is 0 Å². The second-order valence-electron chi connectivity index (χ2n) is 4.53. The Hall–Kier alpha value is -1.53. The van der Waals surface area contributed by atoms with Crippen LogP contribution in [-0.2, 0) is 6.54 Å². The minimum atomic E-state index is -0.571. The molecule has 1 fully saturated rings. The summed E-state index contributed by atoms with van der Waals surface area (Å²) in [4.78, 5) is 12.1. The van der Waals surface area contributed by atoms with Crippen LogP contribution in [0.3, 0.4) is 0 Å². The third-order valence-electron chi connectivity index (χ3n) is 3.15. The van der Waals surface area contributed by atoms with E-state index < -0.39 is 16.8 Å². The van der Waals surface area contributed by atoms with Crippen molar-refractivity contribution in [1.82, 2.24) is 4.90 Å². The number of halogens is 1. The molecule has 0 aliphatic carbocycles. The zero-order valence-electron chi connectivity index (χ0n) is 9.88. The van der Waals surface area contributed by atoms with Crippen LogP contribution in [0, 0.1) is 15.9 Å². The van der Waals surface area contributed by atoms with E-state index >= 15 is 0 Å². The quantitative estimate of drug-likeness (QED) is 0.658. The zero-order valence-corrected chi connectivity index (χ0v) is 9.88. The number of nitrogens with zero attached hydrogens (tertiary/aromatic N) is 2. The highest BCUT2D eigenvalue weighted by Crippen LogP contribution is 2.24. The summed E-state index contributed by atoms with van der Waals surface area (Å²) >= 11 is 0. The summed E-state index contributed by atoms with van der Waals surface area (Å²) in [6.07, 6.45) is 1.13. The van der Waals surface area contributed by atoms with Gasteiger partial charge in [0.1, 0.15) is 5.82 Å². The van der Waals surface area contributed by atoms with Gasteiger partial charge < -0.3 is 5.11 Å². The molecule has 0 spiro atoms. The molecule has 0 bridgehead atoms. The summed E-state index contributed by atoms with van der Waals surface area (Å²) in [5.74, 6) is -0.565. The fourth-order valence-corrected chi connectivity index (χ4v) is 2.27. The maximum atomic E-state index is 13.7. The molecule has 1 heterocycles. The van der Waals surface area contributed by atoms with Crippen molar-refractivity contribution >= 4 is 5.69 Å². The Morgan fingerprint density at radius 1 is 1.56 bits per heavy atom. The van der Waals surface area contributed by atoms with Gasteiger partial charge in [-0.3, -0.25) is 15.0 Å². The number of hydrogen-bond donors (Lipinski definition) is 1. The van der Waals surface area contributed by atoms with E-state index in [2.05, 4.69) is 0 Å². The molecule has 6 heteroatoms. The van der Waals surface area contributed by atoms with Gasteiger partial charge in [-0.05, 0) is 25.5 Å². The lowest BCUT2D eigenvalue weighted by Crippen LogP contribution is -2.37. The van der Waals surface area contributed by atoms with Crippen LogP contribution >= 0.6 is 0 Å². The summed E-state index contributed by atoms with van der Waals surface area (Å²) in [5.41, 5.74) is -0.105. The fraction of sp³-hybridized carbons (Fsp3) is 0.500. The molecule has 18 heavy (non-hydrogen) atoms. The first-order valence-corrected chi connectivity index (χ1v) is 5.90. The molecule has 1 N–H and O–H groups in total. The normalized spacial score (nSPS) is 20.9. The fourth-order valence-electron chi connectivity index (χ4n) is 2.27. The molecule has 0 radical (unpaired) electrons. The molecule has 1 saturated heterocycles. The molecule has 0 aromatic heterocycles. The number of aliphatic hydroxyl groups excluding tert-OH is 1. The van der Waals surface area contributed by atoms with Crippen LogP contribution in [-0.4, -0.2) is 34.1 Å². The molecule has 0 amide bonds. The third-order valence-corrected chi connectivity index (χ3v) is 3.15. The Morgan fingerprint density at radius 2 is 2.33 bits per heavy atom. The second kappa shape index (κ2) is 5.41. The molecule has 1 unspecified atom stereocenters. The Balaban J connectivity index is 2.20. The van der Waals surface area contributed by atoms with Crippen molar-refractivity contribution in [3.8, 4) is 0 Å². The van der Waals surface area contributed by atoms with Crippen molar-refractivity contribution in [2.75, 3.05) is 13.1 Å². The van der Waals surface area contributed by atoms with Crippen molar-refractivity contribution in [1.29, 1.82) is 0 Å². The lowest BCUT2D eigenvalue weighted by atomic mass is 10.1. The van der Waals surface area contributed by atoms with Gasteiger partial charge in [-0.25, -0.2) is 4.39 Å². The molecule has 5 nitrogen and oxygen atoms in total. The van der Waals surface area contributed by atoms with Crippen molar-refractivity contribution in [2.24, 2.45) is 0 Å². The van der Waals surface area contributed by atoms with Gasteiger partial charge >= 0.3 is 0 Å². The molecule has 0 saturated carbocycles. The lowest BCUT2D eigenvalue weighted by Gasteiger charge is -2.29. The largest absolute Gasteiger partial charge is 0.392 e. The number of benzene rings is 1. The molecule has 2 rings (SSSR count). The highest BCUT2D eigenvalue weighted by molar-refractivity contribution is 5.40. The van der Waals surface area contributed by atoms with Gasteiger partial charge in [0.15, 0.2) is 0 Å². The summed E-state index contributed by atoms with van der Waals surface area (Å²) in [6, 6.07) is 3.86. The van der Waals surface area contributed by atoms with Crippen LogP contribution in [0.4, 0.5) is 10.1 Å². The first-order chi connectivity index (χ1) is 8.58. The highest BCUT2D eigenvalue weighted by Gasteiger charge is 2.23. The SMILES string of the molecule is O=[N+]([O-])c1cccc(F)c1CN1CCCC(O)C1. The average molecular weight is 254 g/mol. The molecule has 1 atom stereocenters. The summed E-state index contributed by atoms with van der Waals surface area (Å²) < 4.78 is 13.7. The summed E-state index contributed by atoms with van der Waals surface area (Å²) in [6.45, 7) is 1.33. The molecule has 98 valence electrons. The van der Waals surface area contributed by atoms with Crippen molar-refractivity contribution in [2.45, 2.75) is 25.5 Å². The molecule has 1 aliphatic rings. The van der Waals surface area contributed by atoms with Crippen LogP contribution in [0.5, 0.6) is 0 Å². The van der Waals surface area contributed by atoms with E-state index in [1.165, 1.54) is 18.2 Å². The summed E-state index contributed by atoms with van der Waals surface area (Å²) in [5, 5.41) is 20.4. The Kier molecular flexibility index (Phi) is 3.88. The van der Waals surface area contributed by atoms with E-state index in [9.17, 15) is 19.6 Å². The van der Waals surface area contributed by atoms with E-state index in [0.29, 0.717) is 6.54 Å². The Labute approximate surface area is 104 Å². The van der Waals surface area contributed by atoms with Crippen molar-refractivity contribution < 1.29 is 14.4 Å². The number of rotatable bonds is 3. The van der Waals surface area contributed by atoms with Gasteiger partial charge in [-0.2, -0.15) is 0 Å². The van der Waals surface area contributed by atoms with Crippen LogP contribution in [0.15, 0.2) is 18.2 Å². The molecular weight excluding hydrogens is 239 g/mol. The summed E-state index contributed by atoms with van der Waals surface area (Å²) in [7, 11) is 0. The predicted molar refractivity (Wildman–Crippen MR) is 63.6 cm³/mol. The lowest BCUT2D eigenvalue weighted by molar-refractivity contribution is -0.386. The van der Waals surface area contributed by atoms with Crippen molar-refractivity contribution in [3.05, 3.63) is 39.7 Å². The number of piperidine rings is 1. The second-order valence-corrected chi connectivity index (χ2v) is 4.53. The van der Waals surface area contributed by atoms with Gasteiger partial charge in [0, 0.05) is 19.2 Å². The van der Waals surface area contributed by atoms with Crippen LogP contribution in [0.2, 0.25) is 0 Å². The molecular formula is C12H15FN2O3. The molecule has 1 aromatic carbocycles. The highest BCUT2D eigenvalue weighted by atomic mass is 19.1. The van der Waals surface area contributed by atoms with Gasteiger partial charge in [-0.1, -0.05) is 6.07 Å². The van der Waals surface area contributed by atoms with E-state index in [-0.39, 0.29) is 17.8 Å². The Morgan fingerprint density at radius 3 is 3.00 bits per heavy atom. The third kappa shape index (κ3) is 2.83. The van der Waals surface area contributed by atoms with Crippen LogP contribution in [0.1, 0.15) is 18.4 Å². The number of nitro groups is 1. The van der Waals surface area contributed by atoms with E-state index in [1.54, 1.807) is 0 Å². The number of β-amino-alcohol motifs (C(OH)–C–C–N with tert-alkyl or cyclic N) is 1. The van der Waals surface area contributed by atoms with E-state index in [0.717, 1.165) is 19.4 Å². The molecule has 1 aromatic rings. The average Bonchev–Trinajstić information content (AvgIpc) is 2.31. The minimum Gasteiger partial charge on any atom is -0.392 e. The Bertz CT molecular complexity index is 453. The number of hydrogen-bond acceptors (Lipinski definition) is 4. The first-order valence-electron chi connectivity index (χ1n) is 5.90. The topological polar surface area (TPSA) is 66.6 Å². The minimum absolute atomic E-state index is 0.0941. The maximum Gasteiger partial charge on any atom is 0.276 e. The number of aliphatic hydroxyl groups is 1. The van der Waals surface area contributed by atoms with Crippen molar-refractivity contribution in [3.63, 3.8) is 0 Å². The zero-order chi connectivity index (χ0) is 13.1. The predicted octanol–water partition coefficient (Wildman–Crippen LogP) is 1.69. The number of nitro benzene ring substituents is 1. The van der Waals surface area contributed by atoms with Gasteiger partial charge in [-0.15, -0.1) is 0 Å². The number of likely N-dealkylation sites (tertiary alicyclic amines) is 1. The van der Waals surface area contributed by atoms with Gasteiger partial charge in [0.2, 0.25) is 0 Å². The standard InChI is InChI=1S/C12H15FN2O3/c13-11-4-1-5-12(15(17)18)10(11)8-14-6-2-3-9(16)7-14/h1,4-5,9,16H,2-3,6-8H2. The monoisotopic (exact) mass is 254 g/mol.